The lowest BCUT2D eigenvalue weighted by Crippen LogP contribution is -2.34. The van der Waals surface area contributed by atoms with Gasteiger partial charge in [-0.2, -0.15) is 0 Å². The molecule has 128 valence electrons. The summed E-state index contributed by atoms with van der Waals surface area (Å²) < 4.78 is 10.5. The summed E-state index contributed by atoms with van der Waals surface area (Å²) in [4.78, 5) is 24.2. The SMILES string of the molecule is COC(=O)C(NC(=O)CCc1c(C)noc1Cl)c1ccc(Br)cc1. The van der Waals surface area contributed by atoms with Crippen molar-refractivity contribution in [3.8, 4) is 0 Å². The van der Waals surface area contributed by atoms with E-state index in [4.69, 9.17) is 20.9 Å². The first kappa shape index (κ1) is 18.5. The molecule has 6 nitrogen and oxygen atoms in total. The fourth-order valence-electron chi connectivity index (χ4n) is 2.16. The summed E-state index contributed by atoms with van der Waals surface area (Å²) in [7, 11) is 1.28. The molecule has 0 radical (unpaired) electrons. The minimum absolute atomic E-state index is 0.145. The number of methoxy groups -OCH3 is 1. The Hall–Kier alpha value is -1.86. The van der Waals surface area contributed by atoms with E-state index in [9.17, 15) is 9.59 Å². The van der Waals surface area contributed by atoms with E-state index in [0.29, 0.717) is 23.2 Å². The van der Waals surface area contributed by atoms with Gasteiger partial charge in [-0.15, -0.1) is 0 Å². The Morgan fingerprint density at radius 3 is 2.58 bits per heavy atom. The van der Waals surface area contributed by atoms with Crippen LogP contribution in [0.2, 0.25) is 5.22 Å². The number of aromatic nitrogens is 1. The summed E-state index contributed by atoms with van der Waals surface area (Å²) in [5.74, 6) is -0.838. The number of nitrogens with one attached hydrogen (secondary N) is 1. The molecule has 1 N–H and O–H groups in total. The van der Waals surface area contributed by atoms with Crippen LogP contribution in [0.4, 0.5) is 0 Å². The van der Waals surface area contributed by atoms with Gasteiger partial charge in [-0.05, 0) is 42.6 Å². The number of halogens is 2. The molecular weight excluding hydrogens is 400 g/mol. The largest absolute Gasteiger partial charge is 0.467 e. The molecule has 1 aromatic heterocycles. The number of carbonyl (C=O) groups excluding carboxylic acids is 2. The highest BCUT2D eigenvalue weighted by Gasteiger charge is 2.24. The van der Waals surface area contributed by atoms with E-state index in [1.165, 1.54) is 7.11 Å². The number of amides is 1. The van der Waals surface area contributed by atoms with Crippen LogP contribution in [-0.2, 0) is 20.7 Å². The topological polar surface area (TPSA) is 81.4 Å². The van der Waals surface area contributed by atoms with Gasteiger partial charge in [-0.1, -0.05) is 33.2 Å². The van der Waals surface area contributed by atoms with Crippen molar-refractivity contribution in [1.82, 2.24) is 10.5 Å². The van der Waals surface area contributed by atoms with E-state index in [-0.39, 0.29) is 17.5 Å². The highest BCUT2D eigenvalue weighted by molar-refractivity contribution is 9.10. The average Bonchev–Trinajstić information content (AvgIpc) is 2.89. The third-order valence-corrected chi connectivity index (χ3v) is 4.31. The van der Waals surface area contributed by atoms with Crippen LogP contribution >= 0.6 is 27.5 Å². The maximum atomic E-state index is 12.2. The van der Waals surface area contributed by atoms with Crippen LogP contribution in [0, 0.1) is 6.92 Å². The predicted octanol–water partition coefficient (Wildman–Crippen LogP) is 3.36. The molecule has 1 aromatic carbocycles. The lowest BCUT2D eigenvalue weighted by atomic mass is 10.1. The molecule has 0 saturated heterocycles. The van der Waals surface area contributed by atoms with Crippen molar-refractivity contribution in [1.29, 1.82) is 0 Å². The average molecular weight is 416 g/mol. The molecule has 0 saturated carbocycles. The van der Waals surface area contributed by atoms with Gasteiger partial charge in [-0.25, -0.2) is 4.79 Å². The zero-order valence-electron chi connectivity index (χ0n) is 13.1. The molecule has 0 spiro atoms. The number of carbonyl (C=O) groups is 2. The first-order valence-corrected chi connectivity index (χ1v) is 8.32. The summed E-state index contributed by atoms with van der Waals surface area (Å²) >= 11 is 9.21. The Bertz CT molecular complexity index is 711. The van der Waals surface area contributed by atoms with Crippen LogP contribution < -0.4 is 5.32 Å². The van der Waals surface area contributed by atoms with Crippen LogP contribution in [0.1, 0.15) is 29.3 Å². The Balaban J connectivity index is 2.05. The van der Waals surface area contributed by atoms with Crippen LogP contribution in [0.15, 0.2) is 33.3 Å². The van der Waals surface area contributed by atoms with Crippen LogP contribution in [0.25, 0.3) is 0 Å². The second kappa shape index (κ2) is 8.30. The minimum Gasteiger partial charge on any atom is -0.467 e. The number of ether oxygens (including phenoxy) is 1. The van der Waals surface area contributed by atoms with Gasteiger partial charge in [0.25, 0.3) is 0 Å². The van der Waals surface area contributed by atoms with Crippen molar-refractivity contribution in [3.05, 3.63) is 50.8 Å². The van der Waals surface area contributed by atoms with Crippen molar-refractivity contribution in [2.75, 3.05) is 7.11 Å². The standard InChI is InChI=1S/C16H16BrClN2O4/c1-9-12(15(18)24-20-9)7-8-13(21)19-14(16(22)23-2)10-3-5-11(17)6-4-10/h3-6,14H,7-8H2,1-2H3,(H,19,21). The van der Waals surface area contributed by atoms with Gasteiger partial charge in [0.1, 0.15) is 0 Å². The molecule has 1 amide bonds. The quantitative estimate of drug-likeness (QED) is 0.732. The lowest BCUT2D eigenvalue weighted by molar-refractivity contribution is -0.145. The Morgan fingerprint density at radius 2 is 2.04 bits per heavy atom. The van der Waals surface area contributed by atoms with E-state index < -0.39 is 12.0 Å². The first-order valence-electron chi connectivity index (χ1n) is 7.15. The maximum absolute atomic E-state index is 12.2. The summed E-state index contributed by atoms with van der Waals surface area (Å²) in [6.45, 7) is 1.75. The Labute approximate surface area is 152 Å². The van der Waals surface area contributed by atoms with Crippen molar-refractivity contribution >= 4 is 39.4 Å². The highest BCUT2D eigenvalue weighted by atomic mass is 79.9. The summed E-state index contributed by atoms with van der Waals surface area (Å²) in [5, 5.41) is 6.60. The molecule has 0 fully saturated rings. The Kier molecular flexibility index (Phi) is 6.39. The lowest BCUT2D eigenvalue weighted by Gasteiger charge is -2.17. The van der Waals surface area contributed by atoms with E-state index in [1.807, 2.05) is 0 Å². The summed E-state index contributed by atoms with van der Waals surface area (Å²) in [6.07, 6.45) is 0.514. The van der Waals surface area contributed by atoms with Gasteiger partial charge in [0.15, 0.2) is 6.04 Å². The smallest absolute Gasteiger partial charge is 0.333 e. The zero-order valence-corrected chi connectivity index (χ0v) is 15.5. The fourth-order valence-corrected chi connectivity index (χ4v) is 2.69. The second-order valence-corrected chi connectivity index (χ2v) is 6.35. The third kappa shape index (κ3) is 4.58. The summed E-state index contributed by atoms with van der Waals surface area (Å²) in [6, 6.07) is 6.20. The fraction of sp³-hybridized carbons (Fsp3) is 0.312. The molecule has 1 heterocycles. The van der Waals surface area contributed by atoms with Crippen LogP contribution in [0.5, 0.6) is 0 Å². The van der Waals surface area contributed by atoms with Crippen LogP contribution in [0.3, 0.4) is 0 Å². The van der Waals surface area contributed by atoms with Gasteiger partial charge in [0.05, 0.1) is 12.8 Å². The van der Waals surface area contributed by atoms with Gasteiger partial charge in [0, 0.05) is 16.5 Å². The molecular formula is C16H16BrClN2O4. The Morgan fingerprint density at radius 1 is 1.38 bits per heavy atom. The van der Waals surface area contributed by atoms with E-state index in [2.05, 4.69) is 26.4 Å². The van der Waals surface area contributed by atoms with E-state index in [1.54, 1.807) is 31.2 Å². The second-order valence-electron chi connectivity index (χ2n) is 5.10. The number of esters is 1. The van der Waals surface area contributed by atoms with Crippen molar-refractivity contribution in [2.24, 2.45) is 0 Å². The number of hydrogen-bond acceptors (Lipinski definition) is 5. The van der Waals surface area contributed by atoms with Gasteiger partial charge in [-0.3, -0.25) is 4.79 Å². The molecule has 2 rings (SSSR count). The van der Waals surface area contributed by atoms with Crippen molar-refractivity contribution in [3.63, 3.8) is 0 Å². The molecule has 2 aromatic rings. The van der Waals surface area contributed by atoms with E-state index in [0.717, 1.165) is 4.47 Å². The molecule has 0 aliphatic heterocycles. The third-order valence-electron chi connectivity index (χ3n) is 3.48. The van der Waals surface area contributed by atoms with Gasteiger partial charge >= 0.3 is 5.97 Å². The number of benzene rings is 1. The first-order chi connectivity index (χ1) is 11.4. The number of nitrogens with zero attached hydrogens (tertiary/aromatic N) is 1. The molecule has 0 bridgehead atoms. The summed E-state index contributed by atoms with van der Waals surface area (Å²) in [5.41, 5.74) is 1.97. The number of aryl methyl sites for hydroxylation is 1. The van der Waals surface area contributed by atoms with Gasteiger partial charge in [0.2, 0.25) is 11.1 Å². The van der Waals surface area contributed by atoms with E-state index >= 15 is 0 Å². The van der Waals surface area contributed by atoms with Crippen LogP contribution in [-0.4, -0.2) is 24.1 Å². The number of rotatable bonds is 6. The number of hydrogen-bond donors (Lipinski definition) is 1. The molecule has 0 aliphatic carbocycles. The maximum Gasteiger partial charge on any atom is 0.333 e. The molecule has 1 unspecified atom stereocenters. The molecule has 8 heteroatoms. The van der Waals surface area contributed by atoms with Gasteiger partial charge < -0.3 is 14.6 Å². The highest BCUT2D eigenvalue weighted by Crippen LogP contribution is 2.21. The molecule has 0 aliphatic rings. The van der Waals surface area contributed by atoms with Crippen molar-refractivity contribution in [2.45, 2.75) is 25.8 Å². The zero-order chi connectivity index (χ0) is 17.7. The molecule has 1 atom stereocenters. The van der Waals surface area contributed by atoms with Crippen molar-refractivity contribution < 1.29 is 18.8 Å². The predicted molar refractivity (Wildman–Crippen MR) is 91.6 cm³/mol. The monoisotopic (exact) mass is 414 g/mol. The normalized spacial score (nSPS) is 11.8. The molecule has 24 heavy (non-hydrogen) atoms. The minimum atomic E-state index is -0.866.